The van der Waals surface area contributed by atoms with Gasteiger partial charge in [-0.25, -0.2) is 4.79 Å². The minimum absolute atomic E-state index is 0.108. The zero-order chi connectivity index (χ0) is 28.9. The van der Waals surface area contributed by atoms with Crippen molar-refractivity contribution in [2.24, 2.45) is 0 Å². The van der Waals surface area contributed by atoms with E-state index in [1.54, 1.807) is 14.0 Å². The van der Waals surface area contributed by atoms with Gasteiger partial charge in [0.15, 0.2) is 0 Å². The van der Waals surface area contributed by atoms with Crippen molar-refractivity contribution >= 4 is 35.3 Å². The van der Waals surface area contributed by atoms with E-state index in [9.17, 15) is 27.6 Å². The van der Waals surface area contributed by atoms with Gasteiger partial charge in [-0.1, -0.05) is 55.5 Å². The van der Waals surface area contributed by atoms with E-state index in [2.05, 4.69) is 16.0 Å². The van der Waals surface area contributed by atoms with Crippen LogP contribution >= 0.6 is 11.8 Å². The van der Waals surface area contributed by atoms with Gasteiger partial charge < -0.3 is 20.9 Å². The van der Waals surface area contributed by atoms with Crippen molar-refractivity contribution in [3.8, 4) is 11.1 Å². The summed E-state index contributed by atoms with van der Waals surface area (Å²) in [6.45, 7) is 2.11. The molecule has 3 N–H and O–H groups in total. The number of hydrogen-bond acceptors (Lipinski definition) is 4. The van der Waals surface area contributed by atoms with Crippen molar-refractivity contribution < 1.29 is 27.6 Å². The standard InChI is InChI=1S/C29H29F3N4O3S/c1-3-26(37)35-23-17-40-25-14-21(29(30,31)32)12-13-24(25)36(27(23)38)16-18-8-10-19(11-9-18)22-7-5-4-6-20(22)15-34-28(39)33-2/h4-14,23H,3,15-17H2,1-2H3,(H,35,37)(H2,33,34,39)/t23-/m1/s1. The maximum absolute atomic E-state index is 13.6. The Morgan fingerprint density at radius 1 is 1.05 bits per heavy atom. The lowest BCUT2D eigenvalue weighted by atomic mass is 9.98. The quantitative estimate of drug-likeness (QED) is 0.358. The van der Waals surface area contributed by atoms with Gasteiger partial charge in [0.2, 0.25) is 5.91 Å². The Morgan fingerprint density at radius 2 is 1.77 bits per heavy atom. The normalized spacial score (nSPS) is 15.2. The van der Waals surface area contributed by atoms with E-state index >= 15 is 0 Å². The summed E-state index contributed by atoms with van der Waals surface area (Å²) in [6, 6.07) is 17.3. The lowest BCUT2D eigenvalue weighted by Gasteiger charge is -2.26. The third-order valence-corrected chi connectivity index (χ3v) is 7.63. The first-order valence-electron chi connectivity index (χ1n) is 12.7. The van der Waals surface area contributed by atoms with E-state index < -0.39 is 17.8 Å². The predicted octanol–water partition coefficient (Wildman–Crippen LogP) is 5.34. The molecule has 0 aromatic heterocycles. The molecule has 210 valence electrons. The van der Waals surface area contributed by atoms with Gasteiger partial charge in [0.1, 0.15) is 6.04 Å². The monoisotopic (exact) mass is 570 g/mol. The molecule has 0 saturated heterocycles. The summed E-state index contributed by atoms with van der Waals surface area (Å²) in [4.78, 5) is 39.1. The van der Waals surface area contributed by atoms with Gasteiger partial charge in [-0.05, 0) is 40.5 Å². The molecule has 0 spiro atoms. The summed E-state index contributed by atoms with van der Waals surface area (Å²) < 4.78 is 40.2. The maximum Gasteiger partial charge on any atom is 0.416 e. The van der Waals surface area contributed by atoms with Crippen molar-refractivity contribution in [3.63, 3.8) is 0 Å². The van der Waals surface area contributed by atoms with E-state index in [0.29, 0.717) is 17.1 Å². The Morgan fingerprint density at radius 3 is 2.45 bits per heavy atom. The molecule has 0 saturated carbocycles. The highest BCUT2D eigenvalue weighted by atomic mass is 32.2. The number of anilines is 1. The Balaban J connectivity index is 1.63. The molecule has 7 nitrogen and oxygen atoms in total. The van der Waals surface area contributed by atoms with E-state index in [0.717, 1.165) is 46.1 Å². The molecule has 0 fully saturated rings. The van der Waals surface area contributed by atoms with E-state index in [4.69, 9.17) is 0 Å². The number of nitrogens with one attached hydrogen (secondary N) is 3. The Hall–Kier alpha value is -3.99. The van der Waals surface area contributed by atoms with Crippen LogP contribution < -0.4 is 20.9 Å². The SMILES string of the molecule is CCC(=O)N[C@@H]1CSc2cc(C(F)(F)F)ccc2N(Cc2ccc(-c3ccccc3CNC(=O)NC)cc2)C1=O. The second-order valence-corrected chi connectivity index (χ2v) is 10.2. The zero-order valence-electron chi connectivity index (χ0n) is 22.0. The summed E-state index contributed by atoms with van der Waals surface area (Å²) in [5.74, 6) is -0.577. The van der Waals surface area contributed by atoms with Gasteiger partial charge in [0.05, 0.1) is 17.8 Å². The first kappa shape index (κ1) is 29.0. The minimum Gasteiger partial charge on any atom is -0.343 e. The van der Waals surface area contributed by atoms with E-state index in [-0.39, 0.29) is 36.6 Å². The number of thioether (sulfide) groups is 1. The third-order valence-electron chi connectivity index (χ3n) is 6.49. The lowest BCUT2D eigenvalue weighted by Crippen LogP contribution is -2.49. The summed E-state index contributed by atoms with van der Waals surface area (Å²) in [5, 5.41) is 8.01. The number of rotatable bonds is 7. The first-order chi connectivity index (χ1) is 19.1. The molecular weight excluding hydrogens is 541 g/mol. The largest absolute Gasteiger partial charge is 0.416 e. The second-order valence-electron chi connectivity index (χ2n) is 9.18. The average molecular weight is 571 g/mol. The van der Waals surface area contributed by atoms with Crippen LogP contribution in [0.15, 0.2) is 71.6 Å². The zero-order valence-corrected chi connectivity index (χ0v) is 22.8. The van der Waals surface area contributed by atoms with Crippen LogP contribution in [-0.4, -0.2) is 36.7 Å². The van der Waals surface area contributed by atoms with Crippen LogP contribution in [0.4, 0.5) is 23.7 Å². The molecule has 1 heterocycles. The fraction of sp³-hybridized carbons (Fsp3) is 0.276. The fourth-order valence-corrected chi connectivity index (χ4v) is 5.44. The highest BCUT2D eigenvalue weighted by Gasteiger charge is 2.35. The summed E-state index contributed by atoms with van der Waals surface area (Å²) >= 11 is 1.12. The van der Waals surface area contributed by atoms with Crippen LogP contribution in [0.5, 0.6) is 0 Å². The van der Waals surface area contributed by atoms with Crippen LogP contribution in [0.3, 0.4) is 0 Å². The highest BCUT2D eigenvalue weighted by Crippen LogP contribution is 2.40. The first-order valence-corrected chi connectivity index (χ1v) is 13.7. The molecular formula is C29H29F3N4O3S. The number of carbonyl (C=O) groups excluding carboxylic acids is 3. The average Bonchev–Trinajstić information content (AvgIpc) is 3.07. The maximum atomic E-state index is 13.6. The molecule has 40 heavy (non-hydrogen) atoms. The number of urea groups is 1. The number of alkyl halides is 3. The molecule has 0 aliphatic carbocycles. The van der Waals surface area contributed by atoms with Crippen LogP contribution in [0.25, 0.3) is 11.1 Å². The molecule has 1 atom stereocenters. The topological polar surface area (TPSA) is 90.5 Å². The highest BCUT2D eigenvalue weighted by molar-refractivity contribution is 7.99. The summed E-state index contributed by atoms with van der Waals surface area (Å²) in [6.07, 6.45) is -4.34. The van der Waals surface area contributed by atoms with Crippen LogP contribution in [0.1, 0.15) is 30.0 Å². The van der Waals surface area contributed by atoms with Gasteiger partial charge >= 0.3 is 12.2 Å². The molecule has 1 aliphatic rings. The number of benzene rings is 3. The summed E-state index contributed by atoms with van der Waals surface area (Å²) in [7, 11) is 1.54. The number of carbonyl (C=O) groups is 3. The number of amides is 4. The van der Waals surface area contributed by atoms with Crippen molar-refractivity contribution in [3.05, 3.63) is 83.4 Å². The van der Waals surface area contributed by atoms with Crippen LogP contribution in [0, 0.1) is 0 Å². The van der Waals surface area contributed by atoms with Crippen LogP contribution in [-0.2, 0) is 28.9 Å². The third kappa shape index (κ3) is 6.77. The van der Waals surface area contributed by atoms with Crippen molar-refractivity contribution in [1.29, 1.82) is 0 Å². The molecule has 11 heteroatoms. The fourth-order valence-electron chi connectivity index (χ4n) is 4.34. The van der Waals surface area contributed by atoms with Crippen molar-refractivity contribution in [2.75, 3.05) is 17.7 Å². The lowest BCUT2D eigenvalue weighted by molar-refractivity contribution is -0.137. The molecule has 4 amide bonds. The molecule has 0 bridgehead atoms. The molecule has 1 aliphatic heterocycles. The van der Waals surface area contributed by atoms with Gasteiger partial charge in [-0.3, -0.25) is 9.59 Å². The van der Waals surface area contributed by atoms with Crippen molar-refractivity contribution in [2.45, 2.75) is 43.5 Å². The predicted molar refractivity (Wildman–Crippen MR) is 149 cm³/mol. The van der Waals surface area contributed by atoms with Crippen molar-refractivity contribution in [1.82, 2.24) is 16.0 Å². The summed E-state index contributed by atoms with van der Waals surface area (Å²) in [5.41, 5.74) is 3.08. The number of hydrogen-bond donors (Lipinski definition) is 3. The van der Waals surface area contributed by atoms with Gasteiger partial charge in [0.25, 0.3) is 5.91 Å². The number of nitrogens with zero attached hydrogens (tertiary/aromatic N) is 1. The number of halogens is 3. The number of fused-ring (bicyclic) bond motifs is 1. The van der Waals surface area contributed by atoms with Crippen LogP contribution in [0.2, 0.25) is 0 Å². The molecule has 4 rings (SSSR count). The Kier molecular flexibility index (Phi) is 9.03. The van der Waals surface area contributed by atoms with Gasteiger partial charge in [-0.15, -0.1) is 11.8 Å². The molecule has 0 radical (unpaired) electrons. The van der Waals surface area contributed by atoms with Gasteiger partial charge in [-0.2, -0.15) is 13.2 Å². The van der Waals surface area contributed by atoms with E-state index in [1.165, 1.54) is 11.0 Å². The smallest absolute Gasteiger partial charge is 0.343 e. The van der Waals surface area contributed by atoms with Gasteiger partial charge in [0, 0.05) is 30.7 Å². The Bertz CT molecular complexity index is 1400. The minimum atomic E-state index is -4.52. The molecule has 0 unspecified atom stereocenters. The molecule has 3 aromatic carbocycles. The molecule has 3 aromatic rings. The Labute approximate surface area is 234 Å². The van der Waals surface area contributed by atoms with E-state index in [1.807, 2.05) is 48.5 Å². The second kappa shape index (κ2) is 12.5.